The predicted octanol–water partition coefficient (Wildman–Crippen LogP) is 3.24. The molecule has 1 unspecified atom stereocenters. The van der Waals surface area contributed by atoms with Crippen molar-refractivity contribution in [2.24, 2.45) is 10.9 Å². The lowest BCUT2D eigenvalue weighted by atomic mass is 9.88. The molecule has 0 bridgehead atoms. The van der Waals surface area contributed by atoms with Crippen molar-refractivity contribution < 1.29 is 8.42 Å². The van der Waals surface area contributed by atoms with Gasteiger partial charge in [-0.25, -0.2) is 8.42 Å². The maximum Gasteiger partial charge on any atom is 0.191 e. The predicted molar refractivity (Wildman–Crippen MR) is 117 cm³/mol. The van der Waals surface area contributed by atoms with E-state index in [0.717, 1.165) is 31.0 Å². The molecular weight excluding hydrogens is 370 g/mol. The lowest BCUT2D eigenvalue weighted by molar-refractivity contribution is 0.488. The number of hydrogen-bond donors (Lipinski definition) is 2. The molecule has 0 aliphatic rings. The van der Waals surface area contributed by atoms with Gasteiger partial charge in [-0.2, -0.15) is 0 Å². The van der Waals surface area contributed by atoms with Crippen LogP contribution in [0.1, 0.15) is 30.9 Å². The third kappa shape index (κ3) is 6.68. The van der Waals surface area contributed by atoms with E-state index in [-0.39, 0.29) is 0 Å². The van der Waals surface area contributed by atoms with Gasteiger partial charge in [-0.15, -0.1) is 0 Å². The molecule has 2 aromatic carbocycles. The van der Waals surface area contributed by atoms with Crippen LogP contribution >= 0.6 is 0 Å². The fourth-order valence-corrected chi connectivity index (χ4v) is 3.72. The summed E-state index contributed by atoms with van der Waals surface area (Å²) in [5.74, 6) is 1.69. The van der Waals surface area contributed by atoms with Crippen molar-refractivity contribution in [3.05, 3.63) is 65.7 Å². The highest BCUT2D eigenvalue weighted by Crippen LogP contribution is 2.23. The summed E-state index contributed by atoms with van der Waals surface area (Å²) in [6, 6.07) is 17.6. The second-order valence-corrected chi connectivity index (χ2v) is 9.32. The van der Waals surface area contributed by atoms with Gasteiger partial charge in [-0.1, -0.05) is 56.3 Å². The fourth-order valence-electron chi connectivity index (χ4n) is 3.09. The van der Waals surface area contributed by atoms with Crippen LogP contribution in [0.15, 0.2) is 64.5 Å². The molecule has 0 spiro atoms. The number of rotatable bonds is 8. The van der Waals surface area contributed by atoms with Gasteiger partial charge in [-0.3, -0.25) is 4.99 Å². The van der Waals surface area contributed by atoms with Crippen LogP contribution in [0.25, 0.3) is 0 Å². The summed E-state index contributed by atoms with van der Waals surface area (Å²) in [6.07, 6.45) is 2.01. The first-order chi connectivity index (χ1) is 13.3. The SMILES string of the molecule is CN=C(NCCc1ccc(S(C)(=O)=O)cc1)NCC(c1ccccc1)C(C)C. The van der Waals surface area contributed by atoms with Gasteiger partial charge in [0.25, 0.3) is 0 Å². The van der Waals surface area contributed by atoms with Gasteiger partial charge < -0.3 is 10.6 Å². The van der Waals surface area contributed by atoms with Gasteiger partial charge in [0.1, 0.15) is 0 Å². The molecule has 0 saturated heterocycles. The van der Waals surface area contributed by atoms with Crippen molar-refractivity contribution in [2.75, 3.05) is 26.4 Å². The van der Waals surface area contributed by atoms with Gasteiger partial charge in [0, 0.05) is 32.3 Å². The normalized spacial score (nSPS) is 13.4. The first-order valence-electron chi connectivity index (χ1n) is 9.59. The monoisotopic (exact) mass is 401 g/mol. The molecule has 2 rings (SSSR count). The fraction of sp³-hybridized carbons (Fsp3) is 0.409. The molecule has 2 N–H and O–H groups in total. The molecule has 0 fully saturated rings. The number of benzene rings is 2. The van der Waals surface area contributed by atoms with Crippen LogP contribution in [0, 0.1) is 5.92 Å². The summed E-state index contributed by atoms with van der Waals surface area (Å²) >= 11 is 0. The Balaban J connectivity index is 1.85. The average Bonchev–Trinajstić information content (AvgIpc) is 2.67. The second-order valence-electron chi connectivity index (χ2n) is 7.31. The van der Waals surface area contributed by atoms with Gasteiger partial charge in [-0.05, 0) is 35.6 Å². The van der Waals surface area contributed by atoms with Crippen LogP contribution in [-0.4, -0.2) is 40.8 Å². The molecule has 0 aliphatic carbocycles. The Kier molecular flexibility index (Phi) is 8.05. The minimum atomic E-state index is -3.15. The zero-order chi connectivity index (χ0) is 20.6. The van der Waals surface area contributed by atoms with E-state index >= 15 is 0 Å². The van der Waals surface area contributed by atoms with Crippen molar-refractivity contribution in [3.8, 4) is 0 Å². The van der Waals surface area contributed by atoms with Crippen molar-refractivity contribution in [3.63, 3.8) is 0 Å². The average molecular weight is 402 g/mol. The molecule has 0 aromatic heterocycles. The lowest BCUT2D eigenvalue weighted by Gasteiger charge is -2.23. The van der Waals surface area contributed by atoms with E-state index in [1.54, 1.807) is 19.2 Å². The Morgan fingerprint density at radius 1 is 1.00 bits per heavy atom. The van der Waals surface area contributed by atoms with E-state index in [0.29, 0.717) is 16.7 Å². The van der Waals surface area contributed by atoms with Crippen LogP contribution in [-0.2, 0) is 16.3 Å². The molecule has 6 heteroatoms. The smallest absolute Gasteiger partial charge is 0.191 e. The number of nitrogens with zero attached hydrogens (tertiary/aromatic N) is 1. The maximum atomic E-state index is 11.5. The topological polar surface area (TPSA) is 70.6 Å². The van der Waals surface area contributed by atoms with Crippen molar-refractivity contribution in [1.29, 1.82) is 0 Å². The first kappa shape index (κ1) is 22.0. The molecule has 28 heavy (non-hydrogen) atoms. The van der Waals surface area contributed by atoms with E-state index in [2.05, 4.69) is 53.7 Å². The van der Waals surface area contributed by atoms with E-state index in [1.165, 1.54) is 11.8 Å². The van der Waals surface area contributed by atoms with Crippen LogP contribution in [0.3, 0.4) is 0 Å². The summed E-state index contributed by atoms with van der Waals surface area (Å²) in [4.78, 5) is 4.66. The lowest BCUT2D eigenvalue weighted by Crippen LogP contribution is -2.40. The number of aliphatic imine (C=N–C) groups is 1. The standard InChI is InChI=1S/C22H31N3O2S/c1-17(2)21(19-8-6-5-7-9-19)16-25-22(23-3)24-15-14-18-10-12-20(13-11-18)28(4,26)27/h5-13,17,21H,14-16H2,1-4H3,(H2,23,24,25). The number of sulfone groups is 1. The van der Waals surface area contributed by atoms with Crippen LogP contribution in [0.2, 0.25) is 0 Å². The van der Waals surface area contributed by atoms with Gasteiger partial charge in [0.2, 0.25) is 0 Å². The zero-order valence-corrected chi connectivity index (χ0v) is 18.0. The van der Waals surface area contributed by atoms with Gasteiger partial charge >= 0.3 is 0 Å². The van der Waals surface area contributed by atoms with Gasteiger partial charge in [0.05, 0.1) is 4.90 Å². The molecule has 0 heterocycles. The van der Waals surface area contributed by atoms with Crippen molar-refractivity contribution in [2.45, 2.75) is 31.1 Å². The maximum absolute atomic E-state index is 11.5. The number of nitrogens with one attached hydrogen (secondary N) is 2. The summed E-state index contributed by atoms with van der Waals surface area (Å²) in [5.41, 5.74) is 2.41. The highest BCUT2D eigenvalue weighted by Gasteiger charge is 2.16. The van der Waals surface area contributed by atoms with Crippen LogP contribution < -0.4 is 10.6 Å². The molecule has 1 atom stereocenters. The van der Waals surface area contributed by atoms with E-state index in [9.17, 15) is 8.42 Å². The third-order valence-electron chi connectivity index (χ3n) is 4.80. The summed E-state index contributed by atoms with van der Waals surface area (Å²) in [6.45, 7) is 5.99. The largest absolute Gasteiger partial charge is 0.356 e. The van der Waals surface area contributed by atoms with Crippen LogP contribution in [0.4, 0.5) is 0 Å². The highest BCUT2D eigenvalue weighted by atomic mass is 32.2. The molecule has 5 nitrogen and oxygen atoms in total. The number of hydrogen-bond acceptors (Lipinski definition) is 3. The van der Waals surface area contributed by atoms with E-state index in [4.69, 9.17) is 0 Å². The Labute approximate surface area is 169 Å². The molecule has 0 radical (unpaired) electrons. The zero-order valence-electron chi connectivity index (χ0n) is 17.1. The Morgan fingerprint density at radius 3 is 2.18 bits per heavy atom. The first-order valence-corrected chi connectivity index (χ1v) is 11.5. The minimum Gasteiger partial charge on any atom is -0.356 e. The van der Waals surface area contributed by atoms with Crippen molar-refractivity contribution >= 4 is 15.8 Å². The minimum absolute atomic E-state index is 0.349. The Morgan fingerprint density at radius 2 is 1.64 bits per heavy atom. The molecule has 0 aliphatic heterocycles. The van der Waals surface area contributed by atoms with E-state index in [1.807, 2.05) is 18.2 Å². The summed E-state index contributed by atoms with van der Waals surface area (Å²) in [5, 5.41) is 6.75. The molecule has 152 valence electrons. The van der Waals surface area contributed by atoms with Crippen molar-refractivity contribution in [1.82, 2.24) is 10.6 Å². The van der Waals surface area contributed by atoms with E-state index < -0.39 is 9.84 Å². The third-order valence-corrected chi connectivity index (χ3v) is 5.93. The second kappa shape index (κ2) is 10.3. The number of guanidine groups is 1. The van der Waals surface area contributed by atoms with Gasteiger partial charge in [0.15, 0.2) is 15.8 Å². The summed E-state index contributed by atoms with van der Waals surface area (Å²) in [7, 11) is -1.38. The highest BCUT2D eigenvalue weighted by molar-refractivity contribution is 7.90. The molecule has 0 saturated carbocycles. The quantitative estimate of drug-likeness (QED) is 0.526. The van der Waals surface area contributed by atoms with Crippen LogP contribution in [0.5, 0.6) is 0 Å². The summed E-state index contributed by atoms with van der Waals surface area (Å²) < 4.78 is 23.1. The Hall–Kier alpha value is -2.34. The Bertz CT molecular complexity index is 860. The molecular formula is C22H31N3O2S. The molecule has 0 amide bonds. The molecule has 2 aromatic rings.